The van der Waals surface area contributed by atoms with Gasteiger partial charge in [0, 0.05) is 19.2 Å². The van der Waals surface area contributed by atoms with Gasteiger partial charge in [-0.1, -0.05) is 50.2 Å². The third-order valence-electron chi connectivity index (χ3n) is 5.56. The van der Waals surface area contributed by atoms with Crippen LogP contribution in [0.25, 0.3) is 0 Å². The predicted octanol–water partition coefficient (Wildman–Crippen LogP) is 4.93. The number of rotatable bonds is 10. The van der Waals surface area contributed by atoms with Gasteiger partial charge in [0.1, 0.15) is 30.5 Å². The van der Waals surface area contributed by atoms with Crippen molar-refractivity contribution in [2.45, 2.75) is 39.4 Å². The highest BCUT2D eigenvalue weighted by Crippen LogP contribution is 2.21. The van der Waals surface area contributed by atoms with Gasteiger partial charge in [0.25, 0.3) is 0 Å². The summed E-state index contributed by atoms with van der Waals surface area (Å²) < 4.78 is 22.4. The molecule has 8 heteroatoms. The normalized spacial score (nSPS) is 13.4. The number of carbonyl (C=O) groups excluding carboxylic acids is 1. The number of ether oxygens (including phenoxy) is 4. The summed E-state index contributed by atoms with van der Waals surface area (Å²) in [5, 5.41) is 0. The minimum absolute atomic E-state index is 0.183. The van der Waals surface area contributed by atoms with Gasteiger partial charge in [0.15, 0.2) is 5.69 Å². The van der Waals surface area contributed by atoms with Crippen LogP contribution in [0.2, 0.25) is 0 Å². The summed E-state index contributed by atoms with van der Waals surface area (Å²) in [7, 11) is 1.33. The van der Waals surface area contributed by atoms with Gasteiger partial charge in [0.05, 0.1) is 32.2 Å². The van der Waals surface area contributed by atoms with Crippen LogP contribution in [0.4, 0.5) is 5.82 Å². The highest BCUT2D eigenvalue weighted by atomic mass is 16.5. The van der Waals surface area contributed by atoms with Gasteiger partial charge in [-0.3, -0.25) is 0 Å². The molecule has 0 saturated carbocycles. The molecule has 0 spiro atoms. The second-order valence-corrected chi connectivity index (χ2v) is 7.91. The maximum atomic E-state index is 11.5. The van der Waals surface area contributed by atoms with Gasteiger partial charge in [-0.05, 0) is 30.5 Å². The van der Waals surface area contributed by atoms with Crippen LogP contribution in [-0.2, 0) is 16.1 Å². The fourth-order valence-corrected chi connectivity index (χ4v) is 3.72. The second-order valence-electron chi connectivity index (χ2n) is 7.91. The van der Waals surface area contributed by atoms with E-state index in [1.165, 1.54) is 13.3 Å². The average molecular weight is 494 g/mol. The maximum Gasteiger partial charge on any atom is 0.358 e. The molecule has 1 aliphatic heterocycles. The van der Waals surface area contributed by atoms with Crippen molar-refractivity contribution in [1.82, 2.24) is 9.97 Å². The smallest absolute Gasteiger partial charge is 0.358 e. The van der Waals surface area contributed by atoms with Crippen molar-refractivity contribution in [3.05, 3.63) is 78.2 Å². The van der Waals surface area contributed by atoms with Crippen molar-refractivity contribution < 1.29 is 23.7 Å². The maximum absolute atomic E-state index is 11.5. The molecule has 0 atom stereocenters. The summed E-state index contributed by atoms with van der Waals surface area (Å²) in [6, 6.07) is 17.7. The van der Waals surface area contributed by atoms with Crippen molar-refractivity contribution in [2.75, 3.05) is 38.3 Å². The molecule has 36 heavy (non-hydrogen) atoms. The summed E-state index contributed by atoms with van der Waals surface area (Å²) >= 11 is 0. The molecule has 3 aromatic rings. The first-order chi connectivity index (χ1) is 17.7. The molecule has 1 saturated heterocycles. The lowest BCUT2D eigenvalue weighted by molar-refractivity contribution is 0.0202. The quantitative estimate of drug-likeness (QED) is 0.290. The summed E-state index contributed by atoms with van der Waals surface area (Å²) in [6.07, 6.45) is 5.02. The van der Waals surface area contributed by atoms with Crippen molar-refractivity contribution in [2.24, 2.45) is 0 Å². The van der Waals surface area contributed by atoms with Gasteiger partial charge in [-0.2, -0.15) is 0 Å². The molecular weight excluding hydrogens is 458 g/mol. The van der Waals surface area contributed by atoms with Gasteiger partial charge in [0.2, 0.25) is 0 Å². The zero-order chi connectivity index (χ0) is 25.6. The summed E-state index contributed by atoms with van der Waals surface area (Å²) in [6.45, 7) is 7.15. The van der Waals surface area contributed by atoms with Crippen molar-refractivity contribution in [3.63, 3.8) is 0 Å². The molecule has 0 N–H and O–H groups in total. The number of hydrogen-bond donors (Lipinski definition) is 0. The van der Waals surface area contributed by atoms with Crippen LogP contribution in [0.15, 0.2) is 67.0 Å². The highest BCUT2D eigenvalue weighted by Gasteiger charge is 2.21. The Balaban J connectivity index is 0.00000176. The van der Waals surface area contributed by atoms with E-state index in [0.29, 0.717) is 19.8 Å². The topological polar surface area (TPSA) is 83.0 Å². The van der Waals surface area contributed by atoms with Crippen molar-refractivity contribution in [1.29, 1.82) is 0 Å². The van der Waals surface area contributed by atoms with Crippen molar-refractivity contribution in [3.8, 4) is 11.5 Å². The lowest BCUT2D eigenvalue weighted by atomic mass is 10.1. The van der Waals surface area contributed by atoms with Crippen LogP contribution >= 0.6 is 0 Å². The number of methoxy groups -OCH3 is 1. The number of nitrogens with zero attached hydrogens (tertiary/aromatic N) is 3. The third-order valence-corrected chi connectivity index (χ3v) is 5.56. The molecule has 2 heterocycles. The third kappa shape index (κ3) is 8.23. The van der Waals surface area contributed by atoms with Crippen LogP contribution in [0.5, 0.6) is 11.5 Å². The number of hydrogen-bond acceptors (Lipinski definition) is 8. The Labute approximate surface area is 213 Å². The molecule has 0 aliphatic carbocycles. The Hall–Kier alpha value is -3.65. The molecular formula is C28H35N3O5. The summed E-state index contributed by atoms with van der Waals surface area (Å²) in [5.74, 6) is 1.80. The molecule has 8 nitrogen and oxygen atoms in total. The molecule has 4 rings (SSSR count). The van der Waals surface area contributed by atoms with Gasteiger partial charge in [-0.25, -0.2) is 14.8 Å². The number of carbonyl (C=O) groups is 1. The van der Waals surface area contributed by atoms with Crippen LogP contribution in [0, 0.1) is 0 Å². The van der Waals surface area contributed by atoms with Crippen LogP contribution in [-0.4, -0.2) is 55.5 Å². The highest BCUT2D eigenvalue weighted by molar-refractivity contribution is 5.86. The van der Waals surface area contributed by atoms with Gasteiger partial charge >= 0.3 is 5.97 Å². The molecule has 0 unspecified atom stereocenters. The Bertz CT molecular complexity index is 1040. The van der Waals surface area contributed by atoms with Gasteiger partial charge < -0.3 is 23.8 Å². The zero-order valence-electron chi connectivity index (χ0n) is 21.3. The zero-order valence-corrected chi connectivity index (χ0v) is 21.3. The Kier molecular flexibility index (Phi) is 11.0. The first kappa shape index (κ1) is 26.9. The molecule has 0 radical (unpaired) electrons. The number of anilines is 1. The monoisotopic (exact) mass is 493 g/mol. The van der Waals surface area contributed by atoms with Crippen LogP contribution in [0.3, 0.4) is 0 Å². The van der Waals surface area contributed by atoms with E-state index in [9.17, 15) is 4.79 Å². The molecule has 192 valence electrons. The number of benzene rings is 2. The predicted molar refractivity (Wildman–Crippen MR) is 139 cm³/mol. The number of aromatic nitrogens is 2. The fourth-order valence-electron chi connectivity index (χ4n) is 3.72. The minimum Gasteiger partial charge on any atom is -0.491 e. The lowest BCUT2D eigenvalue weighted by Crippen LogP contribution is -2.38. The Morgan fingerprint density at radius 3 is 2.31 bits per heavy atom. The molecule has 1 aromatic heterocycles. The minimum atomic E-state index is -0.486. The standard InChI is InChI=1S/C26H29N3O5.C2H6/c1-31-26(30)24-17-28-25(18-27-24)29-12-10-21(11-13-29)32-14-15-33-22-8-5-9-23(16-22)34-19-20-6-3-2-4-7-20;1-2/h2-9,16-18,21H,10-15,19H2,1H3;1-2H3. The largest absolute Gasteiger partial charge is 0.491 e. The molecule has 0 bridgehead atoms. The molecule has 1 aliphatic rings. The molecule has 1 fully saturated rings. The first-order valence-corrected chi connectivity index (χ1v) is 12.4. The Morgan fingerprint density at radius 2 is 1.64 bits per heavy atom. The van der Waals surface area contributed by atoms with Crippen LogP contribution < -0.4 is 14.4 Å². The van der Waals surface area contributed by atoms with E-state index in [0.717, 1.165) is 48.8 Å². The number of esters is 1. The van der Waals surface area contributed by atoms with Crippen LogP contribution in [0.1, 0.15) is 42.7 Å². The average Bonchev–Trinajstić information content (AvgIpc) is 2.96. The van der Waals surface area contributed by atoms with E-state index in [2.05, 4.69) is 19.6 Å². The number of piperidine rings is 1. The van der Waals surface area contributed by atoms with E-state index in [4.69, 9.17) is 14.2 Å². The van der Waals surface area contributed by atoms with E-state index in [-0.39, 0.29) is 11.8 Å². The molecule has 0 amide bonds. The lowest BCUT2D eigenvalue weighted by Gasteiger charge is -2.32. The summed E-state index contributed by atoms with van der Waals surface area (Å²) in [5.41, 5.74) is 1.33. The Morgan fingerprint density at radius 1 is 0.917 bits per heavy atom. The van der Waals surface area contributed by atoms with Gasteiger partial charge in [-0.15, -0.1) is 0 Å². The fraction of sp³-hybridized carbons (Fsp3) is 0.393. The molecule has 2 aromatic carbocycles. The van der Waals surface area contributed by atoms with E-state index < -0.39 is 5.97 Å². The van der Waals surface area contributed by atoms with E-state index in [1.54, 1.807) is 6.20 Å². The SMILES string of the molecule is CC.COC(=O)c1cnc(N2CCC(OCCOc3cccc(OCc4ccccc4)c3)CC2)cn1. The van der Waals surface area contributed by atoms with E-state index in [1.807, 2.05) is 68.4 Å². The van der Waals surface area contributed by atoms with E-state index >= 15 is 0 Å². The second kappa shape index (κ2) is 14.7. The summed E-state index contributed by atoms with van der Waals surface area (Å²) in [4.78, 5) is 22.1. The van der Waals surface area contributed by atoms with Crippen molar-refractivity contribution >= 4 is 11.8 Å². The first-order valence-electron chi connectivity index (χ1n) is 12.4.